The molecule has 2 heterocycles. The minimum absolute atomic E-state index is 0.375. The van der Waals surface area contributed by atoms with Gasteiger partial charge in [0.15, 0.2) is 0 Å². The molecular weight excluding hydrogens is 154 g/mol. The first-order valence-electron chi connectivity index (χ1n) is 3.35. The summed E-state index contributed by atoms with van der Waals surface area (Å²) in [4.78, 5) is 5.67. The molecule has 2 N–H and O–H groups in total. The van der Waals surface area contributed by atoms with E-state index in [0.717, 1.165) is 0 Å². The summed E-state index contributed by atoms with van der Waals surface area (Å²) < 4.78 is 0. The summed E-state index contributed by atoms with van der Waals surface area (Å²) >= 11 is 0. The van der Waals surface area contributed by atoms with Gasteiger partial charge in [-0.25, -0.2) is 0 Å². The lowest BCUT2D eigenvalue weighted by atomic mass is 10.7. The van der Waals surface area contributed by atoms with Crippen LogP contribution in [0.1, 0.15) is 0 Å². The Balaban J connectivity index is 0.000000127. The molecule has 0 aliphatic rings. The molecule has 5 nitrogen and oxygen atoms in total. The van der Waals surface area contributed by atoms with E-state index in [0.29, 0.717) is 5.82 Å². The maximum Gasteiger partial charge on any atom is 0.443 e. The molecule has 12 heavy (non-hydrogen) atoms. The topological polar surface area (TPSA) is 72.6 Å². The molecule has 0 saturated carbocycles. The van der Waals surface area contributed by atoms with Crippen molar-refractivity contribution in [2.45, 2.75) is 0 Å². The van der Waals surface area contributed by atoms with Gasteiger partial charge in [0, 0.05) is 17.4 Å². The first kappa shape index (κ1) is 8.01. The monoisotopic (exact) mass is 162 g/mol. The van der Waals surface area contributed by atoms with Crippen LogP contribution in [0.4, 0.5) is 5.82 Å². The minimum Gasteiger partial charge on any atom is -0.368 e. The van der Waals surface area contributed by atoms with Crippen molar-refractivity contribution in [2.75, 3.05) is 0 Å². The number of nitrogens with one attached hydrogen (secondary N) is 2. The Labute approximate surface area is 69.1 Å². The molecule has 0 unspecified atom stereocenters. The first-order valence-corrected chi connectivity index (χ1v) is 3.35. The van der Waals surface area contributed by atoms with Crippen LogP contribution < -0.4 is 0 Å². The number of aromatic nitrogens is 3. The Morgan fingerprint density at radius 2 is 2.08 bits per heavy atom. The lowest BCUT2D eigenvalue weighted by molar-refractivity contribution is 1.10. The molecule has 5 heteroatoms. The summed E-state index contributed by atoms with van der Waals surface area (Å²) in [7, 11) is 0. The normalized spacial score (nSPS) is 7.92. The van der Waals surface area contributed by atoms with Crippen molar-refractivity contribution >= 4 is 5.82 Å². The van der Waals surface area contributed by atoms with Crippen LogP contribution >= 0.6 is 0 Å². The second-order valence-electron chi connectivity index (χ2n) is 1.93. The summed E-state index contributed by atoms with van der Waals surface area (Å²) in [6.07, 6.45) is 5.26. The highest BCUT2D eigenvalue weighted by Crippen LogP contribution is 2.00. The largest absolute Gasteiger partial charge is 0.443 e. The van der Waals surface area contributed by atoms with Gasteiger partial charge in [0.05, 0.1) is 17.7 Å². The highest BCUT2D eigenvalue weighted by atomic mass is 15.2. The van der Waals surface area contributed by atoms with Crippen molar-refractivity contribution in [3.63, 3.8) is 0 Å². The van der Waals surface area contributed by atoms with Gasteiger partial charge in [0.1, 0.15) is 0 Å². The number of rotatable bonds is 0. The molecule has 0 atom stereocenters. The average molecular weight is 162 g/mol. The third-order valence-electron chi connectivity index (χ3n) is 1.09. The van der Waals surface area contributed by atoms with Gasteiger partial charge < -0.3 is 4.98 Å². The van der Waals surface area contributed by atoms with Gasteiger partial charge in [0.25, 0.3) is 0 Å². The van der Waals surface area contributed by atoms with Crippen LogP contribution in [0.5, 0.6) is 0 Å². The second kappa shape index (κ2) is 4.68. The quantitative estimate of drug-likeness (QED) is 0.580. The predicted octanol–water partition coefficient (Wildman–Crippen LogP) is 1.91. The fraction of sp³-hybridized carbons (Fsp3) is 0. The lowest BCUT2D eigenvalue weighted by Gasteiger charge is -1.49. The van der Waals surface area contributed by atoms with E-state index in [-0.39, 0.29) is 0 Å². The number of diazo groups is 1. The molecule has 0 radical (unpaired) electrons. The van der Waals surface area contributed by atoms with Gasteiger partial charge in [0.2, 0.25) is 0 Å². The van der Waals surface area contributed by atoms with Crippen LogP contribution in [0.3, 0.4) is 0 Å². The molecule has 0 aliphatic carbocycles. The number of hydrogen-bond acceptors (Lipinski definition) is 2. The van der Waals surface area contributed by atoms with Crippen molar-refractivity contribution < 1.29 is 0 Å². The number of H-pyrrole nitrogens is 2. The third-order valence-corrected chi connectivity index (χ3v) is 1.09. The van der Waals surface area contributed by atoms with E-state index in [1.807, 2.05) is 24.5 Å². The molecule has 0 spiro atoms. The molecule has 2 aromatic heterocycles. The molecule has 60 valence electrons. The molecule has 0 bridgehead atoms. The van der Waals surface area contributed by atoms with E-state index in [4.69, 9.17) is 5.39 Å². The predicted molar refractivity (Wildman–Crippen MR) is 44.1 cm³/mol. The molecule has 0 aliphatic heterocycles. The fourth-order valence-corrected chi connectivity index (χ4v) is 0.582. The average Bonchev–Trinajstić information content (AvgIpc) is 2.81. The van der Waals surface area contributed by atoms with Gasteiger partial charge in [-0.15, -0.1) is 5.10 Å². The summed E-state index contributed by atoms with van der Waals surface area (Å²) in [6, 6.07) is 5.44. The van der Waals surface area contributed by atoms with Crippen LogP contribution in [0.25, 0.3) is 4.98 Å². The van der Waals surface area contributed by atoms with Gasteiger partial charge >= 0.3 is 5.82 Å². The second-order valence-corrected chi connectivity index (χ2v) is 1.93. The molecular formula is C7H8N5+. The van der Waals surface area contributed by atoms with Gasteiger partial charge in [-0.05, 0) is 12.1 Å². The molecule has 0 aromatic carbocycles. The number of nitrogens with zero attached hydrogens (tertiary/aromatic N) is 3. The summed E-state index contributed by atoms with van der Waals surface area (Å²) in [5, 5.41) is 13.9. The van der Waals surface area contributed by atoms with Gasteiger partial charge in [-0.1, -0.05) is 5.10 Å². The maximum absolute atomic E-state index is 7.98. The Hall–Kier alpha value is -2.09. The van der Waals surface area contributed by atoms with E-state index in [9.17, 15) is 0 Å². The van der Waals surface area contributed by atoms with Crippen molar-refractivity contribution in [1.29, 1.82) is 5.39 Å². The number of aromatic amines is 2. The van der Waals surface area contributed by atoms with Crippen LogP contribution in [0.15, 0.2) is 36.8 Å². The third kappa shape index (κ3) is 2.66. The zero-order chi connectivity index (χ0) is 8.65. The summed E-state index contributed by atoms with van der Waals surface area (Å²) in [5.74, 6) is 0.375. The number of hydrogen-bond donors (Lipinski definition) is 2. The van der Waals surface area contributed by atoms with E-state index < -0.39 is 0 Å². The van der Waals surface area contributed by atoms with Crippen molar-refractivity contribution in [3.05, 3.63) is 41.8 Å². The highest BCUT2D eigenvalue weighted by molar-refractivity contribution is 5.30. The maximum atomic E-state index is 7.98. The molecule has 2 aromatic rings. The van der Waals surface area contributed by atoms with Gasteiger partial charge in [-0.2, -0.15) is 0 Å². The molecule has 0 saturated heterocycles. The SMILES string of the molecule is N#[N+]c1ccn[nH]1.c1cc[nH]c1. The van der Waals surface area contributed by atoms with Crippen LogP contribution in [-0.2, 0) is 0 Å². The van der Waals surface area contributed by atoms with Crippen molar-refractivity contribution in [2.24, 2.45) is 0 Å². The standard InChI is InChI=1S/C4H5N.C3H3N4/c1-2-4-5-3-1;4-6-3-1-2-5-7-3/h1-5H;1-2H,(H,5,7)/q;+1. The Morgan fingerprint density at radius 3 is 2.33 bits per heavy atom. The Bertz CT molecular complexity index is 298. The van der Waals surface area contributed by atoms with E-state index >= 15 is 0 Å². The first-order chi connectivity index (χ1) is 5.93. The van der Waals surface area contributed by atoms with E-state index in [1.54, 1.807) is 6.07 Å². The summed E-state index contributed by atoms with van der Waals surface area (Å²) in [5.41, 5.74) is 0. The lowest BCUT2D eigenvalue weighted by Crippen LogP contribution is -1.57. The van der Waals surface area contributed by atoms with Crippen molar-refractivity contribution in [3.8, 4) is 0 Å². The minimum atomic E-state index is 0.375. The van der Waals surface area contributed by atoms with E-state index in [2.05, 4.69) is 20.2 Å². The molecule has 0 amide bonds. The van der Waals surface area contributed by atoms with Crippen LogP contribution in [0.2, 0.25) is 0 Å². The van der Waals surface area contributed by atoms with E-state index in [1.165, 1.54) is 6.20 Å². The van der Waals surface area contributed by atoms with Gasteiger partial charge in [-0.3, -0.25) is 0 Å². The fourth-order valence-electron chi connectivity index (χ4n) is 0.582. The van der Waals surface area contributed by atoms with Crippen LogP contribution in [-0.4, -0.2) is 15.2 Å². The van der Waals surface area contributed by atoms with Crippen LogP contribution in [0, 0.1) is 5.39 Å². The highest BCUT2D eigenvalue weighted by Gasteiger charge is 1.97. The Kier molecular flexibility index (Phi) is 3.13. The zero-order valence-electron chi connectivity index (χ0n) is 6.31. The summed E-state index contributed by atoms with van der Waals surface area (Å²) in [6.45, 7) is 0. The Morgan fingerprint density at radius 1 is 1.33 bits per heavy atom. The smallest absolute Gasteiger partial charge is 0.368 e. The molecule has 0 fully saturated rings. The zero-order valence-corrected chi connectivity index (χ0v) is 6.31. The molecule has 2 rings (SSSR count). The van der Waals surface area contributed by atoms with Crippen molar-refractivity contribution in [1.82, 2.24) is 15.2 Å².